The normalized spacial score (nSPS) is 25.6. The summed E-state index contributed by atoms with van der Waals surface area (Å²) in [4.78, 5) is 15.7. The Balaban J connectivity index is 1.39. The summed E-state index contributed by atoms with van der Waals surface area (Å²) in [5.41, 5.74) is 7.43. The molecule has 1 aliphatic carbocycles. The van der Waals surface area contributed by atoms with Gasteiger partial charge >= 0.3 is 0 Å². The van der Waals surface area contributed by atoms with Crippen LogP contribution in [0.4, 0.5) is 0 Å². The Labute approximate surface area is 118 Å². The van der Waals surface area contributed by atoms with Crippen LogP contribution in [0.1, 0.15) is 30.9 Å². The van der Waals surface area contributed by atoms with Crippen LogP contribution in [0.3, 0.4) is 0 Å². The fraction of sp³-hybridized carbons (Fsp3) is 0.571. The lowest BCUT2D eigenvalue weighted by Gasteiger charge is -2.12. The summed E-state index contributed by atoms with van der Waals surface area (Å²) in [5, 5.41) is 2.92. The third kappa shape index (κ3) is 3.75. The van der Waals surface area contributed by atoms with E-state index in [2.05, 4.69) is 21.2 Å². The summed E-state index contributed by atoms with van der Waals surface area (Å²) >= 11 is 0. The van der Waals surface area contributed by atoms with Gasteiger partial charge in [0.1, 0.15) is 6.61 Å². The molecule has 6 nitrogen and oxygen atoms in total. The van der Waals surface area contributed by atoms with Crippen LogP contribution in [0.25, 0.3) is 0 Å². The Bertz CT molecular complexity index is 450. The molecule has 0 spiro atoms. The molecule has 20 heavy (non-hydrogen) atoms. The van der Waals surface area contributed by atoms with Crippen molar-refractivity contribution in [2.45, 2.75) is 31.5 Å². The van der Waals surface area contributed by atoms with Crippen LogP contribution < -0.4 is 16.2 Å². The maximum atomic E-state index is 11.7. The van der Waals surface area contributed by atoms with Gasteiger partial charge in [0.15, 0.2) is 0 Å². The van der Waals surface area contributed by atoms with E-state index in [0.717, 1.165) is 12.0 Å². The summed E-state index contributed by atoms with van der Waals surface area (Å²) in [7, 11) is 0. The molecule has 2 atom stereocenters. The van der Waals surface area contributed by atoms with Crippen molar-refractivity contribution in [1.29, 1.82) is 0 Å². The van der Waals surface area contributed by atoms with Crippen molar-refractivity contribution in [3.63, 3.8) is 0 Å². The minimum atomic E-state index is -0.0691. The predicted octanol–water partition coefficient (Wildman–Crippen LogP) is 0.489. The lowest BCUT2D eigenvalue weighted by molar-refractivity contribution is -0.126. The van der Waals surface area contributed by atoms with Crippen LogP contribution in [-0.4, -0.2) is 30.3 Å². The molecule has 6 heteroatoms. The van der Waals surface area contributed by atoms with Gasteiger partial charge in [-0.25, -0.2) is 10.9 Å². The molecule has 2 aliphatic rings. The molecule has 1 saturated heterocycles. The Morgan fingerprint density at radius 3 is 2.90 bits per heavy atom. The van der Waals surface area contributed by atoms with Gasteiger partial charge in [0.25, 0.3) is 0 Å². The Hall–Kier alpha value is -1.50. The number of rotatable bonds is 6. The van der Waals surface area contributed by atoms with Gasteiger partial charge in [-0.05, 0) is 36.5 Å². The van der Waals surface area contributed by atoms with E-state index in [-0.39, 0.29) is 24.7 Å². The number of nitrogens with one attached hydrogen (secondary N) is 3. The molecule has 1 aliphatic heterocycles. The predicted molar refractivity (Wildman–Crippen MR) is 73.3 cm³/mol. The van der Waals surface area contributed by atoms with Crippen molar-refractivity contribution in [3.8, 4) is 0 Å². The van der Waals surface area contributed by atoms with E-state index in [4.69, 9.17) is 4.74 Å². The third-order valence-corrected chi connectivity index (χ3v) is 3.63. The van der Waals surface area contributed by atoms with Gasteiger partial charge < -0.3 is 10.1 Å². The van der Waals surface area contributed by atoms with E-state index >= 15 is 0 Å². The molecule has 108 valence electrons. The maximum Gasteiger partial charge on any atom is 0.247 e. The van der Waals surface area contributed by atoms with E-state index < -0.39 is 0 Å². The highest BCUT2D eigenvalue weighted by atomic mass is 16.5. The van der Waals surface area contributed by atoms with Crippen LogP contribution in [0, 0.1) is 5.92 Å². The highest BCUT2D eigenvalue weighted by molar-refractivity contribution is 5.77. The number of hydrogen-bond acceptors (Lipinski definition) is 5. The molecule has 0 radical (unpaired) electrons. The highest BCUT2D eigenvalue weighted by Crippen LogP contribution is 2.28. The van der Waals surface area contributed by atoms with E-state index in [1.807, 2.05) is 12.1 Å². The number of hydrazine groups is 1. The molecule has 1 aromatic heterocycles. The second-order valence-corrected chi connectivity index (χ2v) is 5.44. The van der Waals surface area contributed by atoms with E-state index in [9.17, 15) is 4.79 Å². The average Bonchev–Trinajstić information content (AvgIpc) is 3.17. The van der Waals surface area contributed by atoms with Crippen molar-refractivity contribution in [2.75, 3.05) is 13.2 Å². The minimum absolute atomic E-state index is 0.0646. The number of ether oxygens (including phenoxy) is 1. The zero-order chi connectivity index (χ0) is 13.8. The molecule has 1 saturated carbocycles. The Morgan fingerprint density at radius 1 is 1.35 bits per heavy atom. The molecular weight excluding hydrogens is 256 g/mol. The zero-order valence-corrected chi connectivity index (χ0v) is 11.3. The number of carbonyl (C=O) groups excluding carboxylic acids is 1. The molecule has 0 bridgehead atoms. The van der Waals surface area contributed by atoms with Gasteiger partial charge in [-0.3, -0.25) is 9.78 Å². The molecule has 2 fully saturated rings. The molecule has 0 aromatic carbocycles. The number of nitrogens with zero attached hydrogens (tertiary/aromatic N) is 1. The first-order valence-electron chi connectivity index (χ1n) is 7.09. The van der Waals surface area contributed by atoms with Gasteiger partial charge in [-0.1, -0.05) is 0 Å². The number of amides is 1. The topological polar surface area (TPSA) is 75.3 Å². The van der Waals surface area contributed by atoms with Crippen LogP contribution in [0.5, 0.6) is 0 Å². The van der Waals surface area contributed by atoms with Crippen LogP contribution in [0.2, 0.25) is 0 Å². The third-order valence-electron chi connectivity index (χ3n) is 3.63. The van der Waals surface area contributed by atoms with E-state index in [0.29, 0.717) is 12.5 Å². The summed E-state index contributed by atoms with van der Waals surface area (Å²) < 4.78 is 5.37. The van der Waals surface area contributed by atoms with Crippen molar-refractivity contribution in [3.05, 3.63) is 30.1 Å². The van der Waals surface area contributed by atoms with Gasteiger partial charge in [-0.2, -0.15) is 0 Å². The van der Waals surface area contributed by atoms with Gasteiger partial charge in [0, 0.05) is 24.9 Å². The number of carbonyl (C=O) groups is 1. The van der Waals surface area contributed by atoms with Crippen molar-refractivity contribution < 1.29 is 9.53 Å². The monoisotopic (exact) mass is 276 g/mol. The number of aromatic nitrogens is 1. The Morgan fingerprint density at radius 2 is 2.15 bits per heavy atom. The lowest BCUT2D eigenvalue weighted by atomic mass is 10.1. The molecule has 3 N–H and O–H groups in total. The van der Waals surface area contributed by atoms with E-state index in [1.54, 1.807) is 12.4 Å². The Kier molecular flexibility index (Phi) is 4.25. The van der Waals surface area contributed by atoms with Gasteiger partial charge in [0.05, 0.1) is 12.8 Å². The molecular formula is C14H20N4O2. The zero-order valence-electron chi connectivity index (χ0n) is 11.3. The fourth-order valence-electron chi connectivity index (χ4n) is 2.30. The highest BCUT2D eigenvalue weighted by Gasteiger charge is 2.26. The summed E-state index contributed by atoms with van der Waals surface area (Å²) in [5.74, 6) is 0.616. The minimum Gasteiger partial charge on any atom is -0.371 e. The smallest absolute Gasteiger partial charge is 0.247 e. The fourth-order valence-corrected chi connectivity index (χ4v) is 2.30. The van der Waals surface area contributed by atoms with Crippen LogP contribution in [-0.2, 0) is 9.53 Å². The first-order valence-corrected chi connectivity index (χ1v) is 7.09. The molecule has 1 aromatic rings. The van der Waals surface area contributed by atoms with Crippen molar-refractivity contribution in [2.24, 2.45) is 5.92 Å². The maximum absolute atomic E-state index is 11.7. The van der Waals surface area contributed by atoms with Gasteiger partial charge in [-0.15, -0.1) is 0 Å². The summed E-state index contributed by atoms with van der Waals surface area (Å²) in [6.07, 6.45) is 6.76. The number of pyridine rings is 1. The van der Waals surface area contributed by atoms with Gasteiger partial charge in [0.2, 0.25) is 5.91 Å². The largest absolute Gasteiger partial charge is 0.371 e. The second-order valence-electron chi connectivity index (χ2n) is 5.44. The second kappa shape index (κ2) is 6.30. The van der Waals surface area contributed by atoms with Crippen LogP contribution >= 0.6 is 0 Å². The average molecular weight is 276 g/mol. The lowest BCUT2D eigenvalue weighted by Crippen LogP contribution is -2.45. The first kappa shape index (κ1) is 13.5. The summed E-state index contributed by atoms with van der Waals surface area (Å²) in [6, 6.07) is 4.14. The van der Waals surface area contributed by atoms with Crippen molar-refractivity contribution in [1.82, 2.24) is 21.2 Å². The SMILES string of the molecule is O=C(COCC1CC1)NC1CC(c2ccncc2)NN1. The molecule has 1 amide bonds. The first-order chi connectivity index (χ1) is 9.81. The standard InChI is InChI=1S/C14H20N4O2/c19-14(9-20-8-10-1-2-10)16-13-7-12(17-18-13)11-3-5-15-6-4-11/h3-6,10,12-13,17-18H,1-2,7-9H2,(H,16,19). The molecule has 2 unspecified atom stereocenters. The van der Waals surface area contributed by atoms with Crippen LogP contribution in [0.15, 0.2) is 24.5 Å². The number of hydrogen-bond donors (Lipinski definition) is 3. The quantitative estimate of drug-likeness (QED) is 0.705. The molecule has 3 rings (SSSR count). The molecule has 2 heterocycles. The summed E-state index contributed by atoms with van der Waals surface area (Å²) in [6.45, 7) is 0.859. The van der Waals surface area contributed by atoms with E-state index in [1.165, 1.54) is 12.8 Å². The van der Waals surface area contributed by atoms with Crippen molar-refractivity contribution >= 4 is 5.91 Å².